The van der Waals surface area contributed by atoms with Crippen LogP contribution in [0.25, 0.3) is 0 Å². The molecule has 9 heteroatoms. The quantitative estimate of drug-likeness (QED) is 0.834. The van der Waals surface area contributed by atoms with E-state index in [1.54, 1.807) is 25.1 Å². The molecule has 2 aromatic rings. The molecule has 0 unspecified atom stereocenters. The van der Waals surface area contributed by atoms with Crippen molar-refractivity contribution in [3.05, 3.63) is 44.4 Å². The number of piperidine rings is 1. The number of halogens is 2. The van der Waals surface area contributed by atoms with Crippen molar-refractivity contribution >= 4 is 46.5 Å². The summed E-state index contributed by atoms with van der Waals surface area (Å²) in [6.07, 6.45) is 1.67. The van der Waals surface area contributed by atoms with Crippen molar-refractivity contribution in [3.63, 3.8) is 0 Å². The molecule has 6 nitrogen and oxygen atoms in total. The maximum absolute atomic E-state index is 12.5. The van der Waals surface area contributed by atoms with Gasteiger partial charge in [-0.25, -0.2) is 0 Å². The second-order valence-corrected chi connectivity index (χ2v) is 7.85. The van der Waals surface area contributed by atoms with Crippen LogP contribution in [0, 0.1) is 12.8 Å². The minimum absolute atomic E-state index is 0.00862. The Morgan fingerprint density at radius 1 is 1.31 bits per heavy atom. The SMILES string of the molecule is Cc1nnsc1C(=O)N1CCC(CNC(=O)c2cc(Cl)ccc2Cl)CC1. The number of hydrogen-bond acceptors (Lipinski definition) is 5. The average Bonchev–Trinajstić information content (AvgIpc) is 3.07. The fourth-order valence-electron chi connectivity index (χ4n) is 2.92. The van der Waals surface area contributed by atoms with E-state index in [0.717, 1.165) is 24.4 Å². The lowest BCUT2D eigenvalue weighted by Gasteiger charge is -2.31. The summed E-state index contributed by atoms with van der Waals surface area (Å²) in [5.41, 5.74) is 1.05. The predicted octanol–water partition coefficient (Wildman–Crippen LogP) is 3.44. The van der Waals surface area contributed by atoms with Crippen LogP contribution in [0.5, 0.6) is 0 Å². The van der Waals surface area contributed by atoms with Gasteiger partial charge >= 0.3 is 0 Å². The maximum atomic E-state index is 12.5. The zero-order valence-corrected chi connectivity index (χ0v) is 16.5. The number of benzene rings is 1. The van der Waals surface area contributed by atoms with Gasteiger partial charge in [0.2, 0.25) is 0 Å². The molecule has 0 spiro atoms. The van der Waals surface area contributed by atoms with Crippen molar-refractivity contribution in [3.8, 4) is 0 Å². The van der Waals surface area contributed by atoms with Crippen molar-refractivity contribution in [2.75, 3.05) is 19.6 Å². The van der Waals surface area contributed by atoms with E-state index in [1.807, 2.05) is 4.90 Å². The topological polar surface area (TPSA) is 75.2 Å². The van der Waals surface area contributed by atoms with Crippen LogP contribution >= 0.6 is 34.7 Å². The predicted molar refractivity (Wildman–Crippen MR) is 102 cm³/mol. The van der Waals surface area contributed by atoms with Gasteiger partial charge in [-0.1, -0.05) is 27.7 Å². The number of carbonyl (C=O) groups excluding carboxylic acids is 2. The first-order valence-electron chi connectivity index (χ1n) is 8.27. The zero-order valence-electron chi connectivity index (χ0n) is 14.2. The zero-order chi connectivity index (χ0) is 18.7. The highest BCUT2D eigenvalue weighted by molar-refractivity contribution is 7.07. The average molecular weight is 413 g/mol. The first kappa shape index (κ1) is 19.1. The number of nitrogens with one attached hydrogen (secondary N) is 1. The number of carbonyl (C=O) groups is 2. The second kappa shape index (κ2) is 8.33. The number of hydrogen-bond donors (Lipinski definition) is 1. The fraction of sp³-hybridized carbons (Fsp3) is 0.412. The molecule has 0 saturated carbocycles. The minimum atomic E-state index is -0.234. The standard InChI is InChI=1S/C17H18Cl2N4O2S/c1-10-15(26-22-21-10)17(25)23-6-4-11(5-7-23)9-20-16(24)13-8-12(18)2-3-14(13)19/h2-3,8,11H,4-7,9H2,1H3,(H,20,24). The van der Waals surface area contributed by atoms with Crippen LogP contribution < -0.4 is 5.32 Å². The van der Waals surface area contributed by atoms with Gasteiger partial charge in [0.15, 0.2) is 0 Å². The Morgan fingerprint density at radius 2 is 2.04 bits per heavy atom. The van der Waals surface area contributed by atoms with Gasteiger partial charge in [-0.3, -0.25) is 9.59 Å². The van der Waals surface area contributed by atoms with Gasteiger partial charge in [-0.05, 0) is 55.4 Å². The van der Waals surface area contributed by atoms with Crippen LogP contribution in [0.4, 0.5) is 0 Å². The van der Waals surface area contributed by atoms with Crippen LogP contribution in [0.2, 0.25) is 10.0 Å². The van der Waals surface area contributed by atoms with E-state index < -0.39 is 0 Å². The van der Waals surface area contributed by atoms with E-state index in [9.17, 15) is 9.59 Å². The molecule has 0 aliphatic carbocycles. The molecular formula is C17H18Cl2N4O2S. The summed E-state index contributed by atoms with van der Waals surface area (Å²) in [6.45, 7) is 3.66. The van der Waals surface area contributed by atoms with Crippen molar-refractivity contribution in [1.29, 1.82) is 0 Å². The molecule has 1 N–H and O–H groups in total. The molecule has 0 atom stereocenters. The van der Waals surface area contributed by atoms with Gasteiger partial charge in [0.25, 0.3) is 11.8 Å². The molecule has 1 aliphatic rings. The first-order chi connectivity index (χ1) is 12.5. The summed E-state index contributed by atoms with van der Waals surface area (Å²) in [4.78, 5) is 27.2. The Hall–Kier alpha value is -1.70. The summed E-state index contributed by atoms with van der Waals surface area (Å²) in [7, 11) is 0. The van der Waals surface area contributed by atoms with Gasteiger partial charge in [0.05, 0.1) is 16.3 Å². The molecule has 1 fully saturated rings. The molecule has 138 valence electrons. The molecule has 1 aromatic carbocycles. The second-order valence-electron chi connectivity index (χ2n) is 6.26. The molecule has 2 amide bonds. The van der Waals surface area contributed by atoms with E-state index in [0.29, 0.717) is 51.7 Å². The van der Waals surface area contributed by atoms with Crippen LogP contribution in [-0.4, -0.2) is 45.9 Å². The van der Waals surface area contributed by atoms with Gasteiger partial charge in [-0.15, -0.1) is 5.10 Å². The highest BCUT2D eigenvalue weighted by Gasteiger charge is 2.26. The third kappa shape index (κ3) is 4.34. The summed E-state index contributed by atoms with van der Waals surface area (Å²) in [5.74, 6) is 0.0784. The maximum Gasteiger partial charge on any atom is 0.267 e. The summed E-state index contributed by atoms with van der Waals surface area (Å²) >= 11 is 13.1. The molecular weight excluding hydrogens is 395 g/mol. The molecule has 0 radical (unpaired) electrons. The molecule has 1 aliphatic heterocycles. The molecule has 0 bridgehead atoms. The molecule has 3 rings (SSSR count). The normalized spacial score (nSPS) is 15.1. The summed E-state index contributed by atoms with van der Waals surface area (Å²) in [5, 5.41) is 7.65. The van der Waals surface area contributed by atoms with Crippen LogP contribution in [0.15, 0.2) is 18.2 Å². The van der Waals surface area contributed by atoms with Crippen molar-refractivity contribution in [2.45, 2.75) is 19.8 Å². The fourth-order valence-corrected chi connectivity index (χ4v) is 3.92. The number of likely N-dealkylation sites (tertiary alicyclic amines) is 1. The van der Waals surface area contributed by atoms with Gasteiger partial charge < -0.3 is 10.2 Å². The van der Waals surface area contributed by atoms with E-state index in [1.165, 1.54) is 0 Å². The van der Waals surface area contributed by atoms with Crippen LogP contribution in [-0.2, 0) is 0 Å². The minimum Gasteiger partial charge on any atom is -0.352 e. The van der Waals surface area contributed by atoms with Crippen molar-refractivity contribution < 1.29 is 9.59 Å². The lowest BCUT2D eigenvalue weighted by molar-refractivity contribution is 0.0688. The molecule has 1 saturated heterocycles. The lowest BCUT2D eigenvalue weighted by atomic mass is 9.96. The highest BCUT2D eigenvalue weighted by atomic mass is 35.5. The van der Waals surface area contributed by atoms with Crippen molar-refractivity contribution in [1.82, 2.24) is 19.8 Å². The molecule has 2 heterocycles. The summed E-state index contributed by atoms with van der Waals surface area (Å²) in [6, 6.07) is 4.82. The smallest absolute Gasteiger partial charge is 0.267 e. The first-order valence-corrected chi connectivity index (χ1v) is 9.80. The van der Waals surface area contributed by atoms with Crippen LogP contribution in [0.1, 0.15) is 38.6 Å². The monoisotopic (exact) mass is 412 g/mol. The number of amides is 2. The lowest BCUT2D eigenvalue weighted by Crippen LogP contribution is -2.41. The Balaban J connectivity index is 1.50. The summed E-state index contributed by atoms with van der Waals surface area (Å²) < 4.78 is 3.82. The van der Waals surface area contributed by atoms with E-state index >= 15 is 0 Å². The third-order valence-electron chi connectivity index (χ3n) is 4.47. The van der Waals surface area contributed by atoms with E-state index in [-0.39, 0.29) is 11.8 Å². The third-order valence-corrected chi connectivity index (χ3v) is 5.85. The highest BCUT2D eigenvalue weighted by Crippen LogP contribution is 2.22. The number of rotatable bonds is 4. The Labute approximate surface area is 165 Å². The molecule has 1 aromatic heterocycles. The van der Waals surface area contributed by atoms with Crippen molar-refractivity contribution in [2.24, 2.45) is 5.92 Å². The Kier molecular flexibility index (Phi) is 6.11. The largest absolute Gasteiger partial charge is 0.352 e. The number of aryl methyl sites for hydroxylation is 1. The number of nitrogens with zero attached hydrogens (tertiary/aromatic N) is 3. The number of aromatic nitrogens is 2. The van der Waals surface area contributed by atoms with Crippen LogP contribution in [0.3, 0.4) is 0 Å². The molecule has 26 heavy (non-hydrogen) atoms. The Bertz CT molecular complexity index is 819. The van der Waals surface area contributed by atoms with Gasteiger partial charge in [0, 0.05) is 24.7 Å². The Morgan fingerprint density at radius 3 is 2.69 bits per heavy atom. The van der Waals surface area contributed by atoms with Gasteiger partial charge in [0.1, 0.15) is 4.88 Å². The van der Waals surface area contributed by atoms with E-state index in [4.69, 9.17) is 23.2 Å². The van der Waals surface area contributed by atoms with E-state index in [2.05, 4.69) is 14.9 Å². The van der Waals surface area contributed by atoms with Gasteiger partial charge in [-0.2, -0.15) is 0 Å².